The largest absolute Gasteiger partial charge is 0.286 e. The molecular formula is C14H13ClN2O4. The van der Waals surface area contributed by atoms with E-state index in [1.54, 1.807) is 0 Å². The molecule has 0 bridgehead atoms. The van der Waals surface area contributed by atoms with Gasteiger partial charge in [0.2, 0.25) is 0 Å². The SMILES string of the molecule is [O-][Cl+3]([O-])([O-])[O-].c1ccc(C[n+]2ccn3ccccc32)cc1. The molecule has 0 unspecified atom stereocenters. The molecular weight excluding hydrogens is 296 g/mol. The van der Waals surface area contributed by atoms with E-state index >= 15 is 0 Å². The molecule has 2 heterocycles. The lowest BCUT2D eigenvalue weighted by atomic mass is 10.2. The number of hydrogen-bond acceptors (Lipinski definition) is 4. The molecule has 1 aromatic carbocycles. The molecule has 7 heteroatoms. The van der Waals surface area contributed by atoms with Gasteiger partial charge in [-0.05, 0) is 11.6 Å². The van der Waals surface area contributed by atoms with E-state index in [2.05, 4.69) is 64.0 Å². The summed E-state index contributed by atoms with van der Waals surface area (Å²) in [6.45, 7) is 0.918. The van der Waals surface area contributed by atoms with E-state index in [1.165, 1.54) is 11.2 Å². The van der Waals surface area contributed by atoms with Crippen molar-refractivity contribution < 1.29 is 33.4 Å². The first kappa shape index (κ1) is 15.4. The van der Waals surface area contributed by atoms with Crippen LogP contribution in [0.25, 0.3) is 5.65 Å². The molecule has 6 nitrogen and oxygen atoms in total. The smallest absolute Gasteiger partial charge is 0.226 e. The van der Waals surface area contributed by atoms with Crippen LogP contribution in [0.3, 0.4) is 0 Å². The van der Waals surface area contributed by atoms with E-state index < -0.39 is 10.2 Å². The third kappa shape index (κ3) is 5.14. The quantitative estimate of drug-likeness (QED) is 0.489. The number of rotatable bonds is 2. The van der Waals surface area contributed by atoms with Gasteiger partial charge in [-0.3, -0.25) is 0 Å². The minimum Gasteiger partial charge on any atom is -0.226 e. The maximum absolute atomic E-state index is 8.49. The van der Waals surface area contributed by atoms with Gasteiger partial charge in [0.1, 0.15) is 18.9 Å². The normalized spacial score (nSPS) is 11.0. The van der Waals surface area contributed by atoms with Crippen LogP contribution in [0.2, 0.25) is 0 Å². The first-order valence-electron chi connectivity index (χ1n) is 6.04. The van der Waals surface area contributed by atoms with Crippen LogP contribution >= 0.6 is 0 Å². The van der Waals surface area contributed by atoms with E-state index in [1.807, 2.05) is 12.1 Å². The lowest BCUT2D eigenvalue weighted by Gasteiger charge is -2.17. The van der Waals surface area contributed by atoms with Gasteiger partial charge in [-0.15, -0.1) is 10.2 Å². The summed E-state index contributed by atoms with van der Waals surface area (Å²) in [4.78, 5) is 0. The molecule has 3 rings (SSSR count). The highest BCUT2D eigenvalue weighted by Crippen LogP contribution is 2.01. The Morgan fingerprint density at radius 2 is 1.48 bits per heavy atom. The van der Waals surface area contributed by atoms with E-state index in [9.17, 15) is 0 Å². The number of fused-ring (bicyclic) bond motifs is 1. The number of nitrogens with zero attached hydrogens (tertiary/aromatic N) is 2. The number of aromatic nitrogens is 2. The Balaban J connectivity index is 0.000000282. The first-order chi connectivity index (χ1) is 9.93. The van der Waals surface area contributed by atoms with Crippen molar-refractivity contribution >= 4 is 5.65 Å². The molecule has 0 aliphatic carbocycles. The van der Waals surface area contributed by atoms with Gasteiger partial charge >= 0.3 is 0 Å². The van der Waals surface area contributed by atoms with Crippen LogP contribution in [0.4, 0.5) is 0 Å². The predicted molar refractivity (Wildman–Crippen MR) is 63.1 cm³/mol. The van der Waals surface area contributed by atoms with Crippen LogP contribution in [-0.4, -0.2) is 4.40 Å². The van der Waals surface area contributed by atoms with Crippen LogP contribution in [0, 0.1) is 10.2 Å². The van der Waals surface area contributed by atoms with Crippen molar-refractivity contribution in [2.24, 2.45) is 0 Å². The molecule has 0 N–H and O–H groups in total. The van der Waals surface area contributed by atoms with Crippen LogP contribution in [0.1, 0.15) is 5.56 Å². The number of imidazole rings is 1. The van der Waals surface area contributed by atoms with Gasteiger partial charge in [0, 0.05) is 6.07 Å². The highest BCUT2D eigenvalue weighted by atomic mass is 35.7. The summed E-state index contributed by atoms with van der Waals surface area (Å²) < 4.78 is 38.3. The van der Waals surface area contributed by atoms with E-state index in [4.69, 9.17) is 18.6 Å². The number of benzene rings is 1. The summed E-state index contributed by atoms with van der Waals surface area (Å²) in [6.07, 6.45) is 6.26. The summed E-state index contributed by atoms with van der Waals surface area (Å²) in [5.74, 6) is 0. The highest BCUT2D eigenvalue weighted by Gasteiger charge is 2.07. The van der Waals surface area contributed by atoms with Crippen molar-refractivity contribution in [1.82, 2.24) is 4.40 Å². The van der Waals surface area contributed by atoms with Crippen molar-refractivity contribution in [3.05, 3.63) is 72.7 Å². The summed E-state index contributed by atoms with van der Waals surface area (Å²) in [5, 5.41) is 0. The van der Waals surface area contributed by atoms with E-state index in [0.717, 1.165) is 6.54 Å². The lowest BCUT2D eigenvalue weighted by molar-refractivity contribution is -2.00. The first-order valence-corrected chi connectivity index (χ1v) is 7.28. The third-order valence-corrected chi connectivity index (χ3v) is 2.76. The van der Waals surface area contributed by atoms with Gasteiger partial charge < -0.3 is 0 Å². The molecule has 0 aliphatic rings. The lowest BCUT2D eigenvalue weighted by Crippen LogP contribution is -2.68. The van der Waals surface area contributed by atoms with Crippen molar-refractivity contribution in [1.29, 1.82) is 0 Å². The standard InChI is InChI=1S/C14H13N2.ClHO4/c1-2-6-13(7-3-1)12-16-11-10-15-9-5-4-8-14(15)16;2-1(3,4)5/h1-11H,12H2;(H,2,3,4,5)/q+1;/p-1. The van der Waals surface area contributed by atoms with Crippen LogP contribution in [0.15, 0.2) is 67.1 Å². The molecule has 2 aromatic heterocycles. The molecule has 0 aliphatic heterocycles. The van der Waals surface area contributed by atoms with Crippen LogP contribution in [0.5, 0.6) is 0 Å². The Hall–Kier alpha value is -1.96. The minimum atomic E-state index is -4.94. The average molecular weight is 309 g/mol. The van der Waals surface area contributed by atoms with Gasteiger partial charge in [-0.2, -0.15) is 0 Å². The fourth-order valence-electron chi connectivity index (χ4n) is 1.96. The second kappa shape index (κ2) is 6.66. The number of hydrogen-bond donors (Lipinski definition) is 0. The summed E-state index contributed by atoms with van der Waals surface area (Å²) in [6, 6.07) is 16.7. The number of halogens is 1. The van der Waals surface area contributed by atoms with Crippen molar-refractivity contribution in [3.8, 4) is 0 Å². The minimum absolute atomic E-state index is 0.918. The van der Waals surface area contributed by atoms with Crippen molar-refractivity contribution in [3.63, 3.8) is 0 Å². The van der Waals surface area contributed by atoms with Crippen LogP contribution in [-0.2, 0) is 6.54 Å². The molecule has 3 aromatic rings. The second-order valence-electron chi connectivity index (χ2n) is 4.26. The fraction of sp³-hybridized carbons (Fsp3) is 0.0714. The molecule has 110 valence electrons. The zero-order valence-corrected chi connectivity index (χ0v) is 11.7. The molecule has 21 heavy (non-hydrogen) atoms. The molecule has 0 amide bonds. The number of pyridine rings is 1. The van der Waals surface area contributed by atoms with Gasteiger partial charge in [0.15, 0.2) is 0 Å². The molecule has 0 fully saturated rings. The molecule has 0 saturated heterocycles. The Morgan fingerprint density at radius 3 is 2.14 bits per heavy atom. The Labute approximate surface area is 123 Å². The summed E-state index contributed by atoms with van der Waals surface area (Å²) in [5.41, 5.74) is 2.54. The Bertz CT molecular complexity index is 689. The highest BCUT2D eigenvalue weighted by molar-refractivity contribution is 5.31. The molecule has 0 radical (unpaired) electrons. The van der Waals surface area contributed by atoms with Crippen molar-refractivity contribution in [2.75, 3.05) is 0 Å². The van der Waals surface area contributed by atoms with Gasteiger partial charge in [-0.25, -0.2) is 27.6 Å². The zero-order chi connectivity index (χ0) is 15.3. The topological polar surface area (TPSA) is 101 Å². The summed E-state index contributed by atoms with van der Waals surface area (Å²) >= 11 is 0. The van der Waals surface area contributed by atoms with E-state index in [-0.39, 0.29) is 0 Å². The van der Waals surface area contributed by atoms with Gasteiger partial charge in [-0.1, -0.05) is 36.4 Å². The molecule has 0 spiro atoms. The third-order valence-electron chi connectivity index (χ3n) is 2.76. The molecule has 0 atom stereocenters. The Morgan fingerprint density at radius 1 is 0.857 bits per heavy atom. The second-order valence-corrected chi connectivity index (χ2v) is 5.01. The fourth-order valence-corrected chi connectivity index (χ4v) is 1.96. The van der Waals surface area contributed by atoms with Gasteiger partial charge in [0.25, 0.3) is 5.65 Å². The average Bonchev–Trinajstić information content (AvgIpc) is 2.82. The predicted octanol–water partition coefficient (Wildman–Crippen LogP) is -2.48. The maximum Gasteiger partial charge on any atom is 0.286 e. The van der Waals surface area contributed by atoms with Crippen LogP contribution < -0.4 is 23.2 Å². The molecule has 0 saturated carbocycles. The monoisotopic (exact) mass is 308 g/mol. The zero-order valence-electron chi connectivity index (χ0n) is 11.0. The Kier molecular flexibility index (Phi) is 4.89. The van der Waals surface area contributed by atoms with E-state index in [0.29, 0.717) is 0 Å². The summed E-state index contributed by atoms with van der Waals surface area (Å²) in [7, 11) is -4.94. The maximum atomic E-state index is 8.49. The van der Waals surface area contributed by atoms with Crippen molar-refractivity contribution in [2.45, 2.75) is 6.54 Å². The van der Waals surface area contributed by atoms with Gasteiger partial charge in [0.05, 0.1) is 6.20 Å².